The van der Waals surface area contributed by atoms with Gasteiger partial charge in [0.2, 0.25) is 0 Å². The van der Waals surface area contributed by atoms with Crippen LogP contribution in [0.25, 0.3) is 6.08 Å². The van der Waals surface area contributed by atoms with Gasteiger partial charge in [0, 0.05) is 24.2 Å². The minimum atomic E-state index is -1.03. The van der Waals surface area contributed by atoms with Crippen molar-refractivity contribution in [3.63, 3.8) is 0 Å². The fourth-order valence-electron chi connectivity index (χ4n) is 2.87. The molecule has 0 radical (unpaired) electrons. The van der Waals surface area contributed by atoms with Crippen LogP contribution < -0.4 is 4.90 Å². The van der Waals surface area contributed by atoms with E-state index in [0.717, 1.165) is 25.5 Å². The van der Waals surface area contributed by atoms with E-state index in [-0.39, 0.29) is 11.9 Å². The van der Waals surface area contributed by atoms with Crippen molar-refractivity contribution < 1.29 is 14.3 Å². The first kappa shape index (κ1) is 14.6. The van der Waals surface area contributed by atoms with Crippen molar-refractivity contribution in [1.82, 2.24) is 0 Å². The van der Waals surface area contributed by atoms with E-state index in [4.69, 9.17) is 5.11 Å². The summed E-state index contributed by atoms with van der Waals surface area (Å²) in [7, 11) is 0. The number of halogens is 1. The molecular weight excluding hydrogens is 257 g/mol. The molecule has 0 saturated carbocycles. The number of nitrogens with zero attached hydrogens (tertiary/aromatic N) is 1. The summed E-state index contributed by atoms with van der Waals surface area (Å²) in [6.07, 6.45) is 4.57. The lowest BCUT2D eigenvalue weighted by Crippen LogP contribution is -2.41. The van der Waals surface area contributed by atoms with Crippen LogP contribution in [0.15, 0.2) is 24.3 Å². The second kappa shape index (κ2) is 6.07. The molecular formula is C16H20FNO2. The van der Waals surface area contributed by atoms with Crippen molar-refractivity contribution in [3.8, 4) is 0 Å². The number of hydrogen-bond donors (Lipinski definition) is 1. The van der Waals surface area contributed by atoms with Crippen LogP contribution in [0, 0.1) is 11.7 Å². The molecule has 0 bridgehead atoms. The van der Waals surface area contributed by atoms with Crippen molar-refractivity contribution in [3.05, 3.63) is 35.7 Å². The minimum absolute atomic E-state index is 0.257. The number of rotatable bonds is 3. The molecule has 0 aromatic heterocycles. The van der Waals surface area contributed by atoms with Crippen LogP contribution in [-0.4, -0.2) is 23.7 Å². The standard InChI is InChI=1S/C16H20FNO2/c1-11-8-9-18(12(2)10-11)16-13(6-7-15(19)20)4-3-5-14(16)17/h3-7,11-12H,8-10H2,1-2H3,(H,19,20)/b7-6+. The molecule has 1 aliphatic heterocycles. The predicted octanol–water partition coefficient (Wildman–Crippen LogP) is 3.55. The molecule has 1 aromatic rings. The number of carbonyl (C=O) groups is 1. The summed E-state index contributed by atoms with van der Waals surface area (Å²) in [5.74, 6) is -0.675. The second-order valence-corrected chi connectivity index (χ2v) is 5.52. The third-order valence-corrected chi connectivity index (χ3v) is 3.85. The van der Waals surface area contributed by atoms with Crippen LogP contribution in [-0.2, 0) is 4.79 Å². The first-order valence-corrected chi connectivity index (χ1v) is 6.95. The average Bonchev–Trinajstić information content (AvgIpc) is 2.37. The van der Waals surface area contributed by atoms with Gasteiger partial charge in [-0.2, -0.15) is 0 Å². The molecule has 1 aliphatic rings. The van der Waals surface area contributed by atoms with Crippen LogP contribution in [0.1, 0.15) is 32.3 Å². The number of benzene rings is 1. The zero-order valence-electron chi connectivity index (χ0n) is 11.8. The van der Waals surface area contributed by atoms with Gasteiger partial charge in [-0.05, 0) is 37.8 Å². The lowest BCUT2D eigenvalue weighted by atomic mass is 9.92. The van der Waals surface area contributed by atoms with Gasteiger partial charge in [0.25, 0.3) is 0 Å². The van der Waals surface area contributed by atoms with Gasteiger partial charge in [0.05, 0.1) is 5.69 Å². The van der Waals surface area contributed by atoms with Gasteiger partial charge in [-0.3, -0.25) is 0 Å². The van der Waals surface area contributed by atoms with Crippen LogP contribution in [0.3, 0.4) is 0 Å². The maximum absolute atomic E-state index is 14.2. The molecule has 2 atom stereocenters. The smallest absolute Gasteiger partial charge is 0.328 e. The van der Waals surface area contributed by atoms with Gasteiger partial charge in [0.15, 0.2) is 0 Å². The van der Waals surface area contributed by atoms with Crippen molar-refractivity contribution in [2.75, 3.05) is 11.4 Å². The molecule has 4 heteroatoms. The Labute approximate surface area is 118 Å². The van der Waals surface area contributed by atoms with Gasteiger partial charge in [0.1, 0.15) is 5.82 Å². The first-order chi connectivity index (χ1) is 9.49. The molecule has 2 unspecified atom stereocenters. The van der Waals surface area contributed by atoms with E-state index in [9.17, 15) is 9.18 Å². The lowest BCUT2D eigenvalue weighted by molar-refractivity contribution is -0.131. The molecule has 108 valence electrons. The Hall–Kier alpha value is -1.84. The number of carboxylic acids is 1. The second-order valence-electron chi connectivity index (χ2n) is 5.52. The Kier molecular flexibility index (Phi) is 4.42. The Morgan fingerprint density at radius 3 is 2.85 bits per heavy atom. The van der Waals surface area contributed by atoms with Gasteiger partial charge in [-0.1, -0.05) is 19.1 Å². The van der Waals surface area contributed by atoms with E-state index < -0.39 is 5.97 Å². The molecule has 2 rings (SSSR count). The monoisotopic (exact) mass is 277 g/mol. The number of para-hydroxylation sites is 1. The van der Waals surface area contributed by atoms with Gasteiger partial charge >= 0.3 is 5.97 Å². The van der Waals surface area contributed by atoms with Crippen molar-refractivity contribution in [2.24, 2.45) is 5.92 Å². The highest BCUT2D eigenvalue weighted by atomic mass is 19.1. The average molecular weight is 277 g/mol. The largest absolute Gasteiger partial charge is 0.478 e. The molecule has 1 aromatic carbocycles. The molecule has 1 fully saturated rings. The topological polar surface area (TPSA) is 40.5 Å². The first-order valence-electron chi connectivity index (χ1n) is 6.95. The molecule has 0 aliphatic carbocycles. The summed E-state index contributed by atoms with van der Waals surface area (Å²) >= 11 is 0. The maximum Gasteiger partial charge on any atom is 0.328 e. The van der Waals surface area contributed by atoms with E-state index in [1.165, 1.54) is 12.1 Å². The quantitative estimate of drug-likeness (QED) is 0.859. The minimum Gasteiger partial charge on any atom is -0.478 e. The van der Waals surface area contributed by atoms with Crippen LogP contribution in [0.5, 0.6) is 0 Å². The highest BCUT2D eigenvalue weighted by Gasteiger charge is 2.26. The summed E-state index contributed by atoms with van der Waals surface area (Å²) in [6, 6.07) is 5.05. The number of carboxylic acid groups (broad SMARTS) is 1. The fraction of sp³-hybridized carbons (Fsp3) is 0.438. The van der Waals surface area contributed by atoms with Gasteiger partial charge < -0.3 is 10.0 Å². The van der Waals surface area contributed by atoms with Crippen molar-refractivity contribution in [1.29, 1.82) is 0 Å². The molecule has 1 N–H and O–H groups in total. The van der Waals surface area contributed by atoms with Crippen LogP contribution in [0.4, 0.5) is 10.1 Å². The van der Waals surface area contributed by atoms with E-state index in [1.54, 1.807) is 12.1 Å². The van der Waals surface area contributed by atoms with E-state index in [1.807, 2.05) is 0 Å². The summed E-state index contributed by atoms with van der Waals surface area (Å²) in [5.41, 5.74) is 1.14. The Bertz CT molecular complexity index is 527. The zero-order chi connectivity index (χ0) is 14.7. The zero-order valence-corrected chi connectivity index (χ0v) is 11.8. The SMILES string of the molecule is CC1CCN(c2c(F)cccc2/C=C/C(=O)O)C(C)C1. The normalized spacial score (nSPS) is 23.2. The Morgan fingerprint density at radius 2 is 2.20 bits per heavy atom. The predicted molar refractivity (Wildman–Crippen MR) is 78.3 cm³/mol. The molecule has 1 saturated heterocycles. The number of anilines is 1. The maximum atomic E-state index is 14.2. The summed E-state index contributed by atoms with van der Waals surface area (Å²) in [4.78, 5) is 12.7. The molecule has 20 heavy (non-hydrogen) atoms. The van der Waals surface area contributed by atoms with Gasteiger partial charge in [-0.15, -0.1) is 0 Å². The lowest BCUT2D eigenvalue weighted by Gasteiger charge is -2.39. The van der Waals surface area contributed by atoms with Crippen LogP contribution in [0.2, 0.25) is 0 Å². The van der Waals surface area contributed by atoms with Crippen molar-refractivity contribution in [2.45, 2.75) is 32.7 Å². The highest BCUT2D eigenvalue weighted by Crippen LogP contribution is 2.32. The van der Waals surface area contributed by atoms with E-state index in [2.05, 4.69) is 18.7 Å². The summed E-state index contributed by atoms with van der Waals surface area (Å²) in [6.45, 7) is 5.10. The Balaban J connectivity index is 2.37. The third kappa shape index (κ3) is 3.18. The Morgan fingerprint density at radius 1 is 1.45 bits per heavy atom. The van der Waals surface area contributed by atoms with Crippen LogP contribution >= 0.6 is 0 Å². The van der Waals surface area contributed by atoms with E-state index in [0.29, 0.717) is 17.2 Å². The molecule has 0 spiro atoms. The summed E-state index contributed by atoms with van der Waals surface area (Å²) in [5, 5.41) is 8.74. The van der Waals surface area contributed by atoms with E-state index >= 15 is 0 Å². The highest BCUT2D eigenvalue weighted by molar-refractivity contribution is 5.87. The van der Waals surface area contributed by atoms with Gasteiger partial charge in [-0.25, -0.2) is 9.18 Å². The number of hydrogen-bond acceptors (Lipinski definition) is 2. The fourth-order valence-corrected chi connectivity index (χ4v) is 2.87. The third-order valence-electron chi connectivity index (χ3n) is 3.85. The molecule has 1 heterocycles. The number of piperidine rings is 1. The molecule has 3 nitrogen and oxygen atoms in total. The van der Waals surface area contributed by atoms with Crippen molar-refractivity contribution >= 4 is 17.7 Å². The summed E-state index contributed by atoms with van der Waals surface area (Å²) < 4.78 is 14.2. The number of aliphatic carboxylic acids is 1. The molecule has 0 amide bonds.